The van der Waals surface area contributed by atoms with E-state index in [4.69, 9.17) is 18.8 Å². The van der Waals surface area contributed by atoms with E-state index in [0.717, 1.165) is 12.8 Å². The Morgan fingerprint density at radius 1 is 1.23 bits per heavy atom. The van der Waals surface area contributed by atoms with Crippen molar-refractivity contribution in [3.05, 3.63) is 24.0 Å². The maximum Gasteiger partial charge on any atom is 0.494 e. The molecule has 2 aliphatic rings. The second kappa shape index (κ2) is 8.62. The first kappa shape index (κ1) is 23.9. The van der Waals surface area contributed by atoms with E-state index in [-0.39, 0.29) is 17.8 Å². The predicted octanol–water partition coefficient (Wildman–Crippen LogP) is 4.15. The number of benzene rings is 1. The number of likely N-dealkylation sites (tertiary alicyclic amines) is 1. The van der Waals surface area contributed by atoms with E-state index in [0.29, 0.717) is 25.2 Å². The smallest absolute Gasteiger partial charge is 0.490 e. The molecule has 2 heterocycles. The van der Waals surface area contributed by atoms with Gasteiger partial charge in [-0.2, -0.15) is 0 Å². The van der Waals surface area contributed by atoms with Gasteiger partial charge in [-0.05, 0) is 78.9 Å². The number of hydrogen-bond acceptors (Lipinski definition) is 5. The van der Waals surface area contributed by atoms with Gasteiger partial charge in [-0.25, -0.2) is 9.18 Å². The Morgan fingerprint density at radius 3 is 2.48 bits per heavy atom. The van der Waals surface area contributed by atoms with Gasteiger partial charge in [0.1, 0.15) is 5.60 Å². The second-order valence-electron chi connectivity index (χ2n) is 10.5. The molecule has 6 nitrogen and oxygen atoms in total. The summed E-state index contributed by atoms with van der Waals surface area (Å²) in [4.78, 5) is 14.1. The normalized spacial score (nSPS) is 23.0. The first-order chi connectivity index (χ1) is 14.3. The molecule has 1 aromatic carbocycles. The van der Waals surface area contributed by atoms with E-state index in [2.05, 4.69) is 0 Å². The zero-order valence-electron chi connectivity index (χ0n) is 19.8. The SMILES string of the molecule is CC(C)(C)OC(=O)N1CCC[C@H](COc2cc(B3OC(C)(C)C(C)(C)O3)ccc2F)C1. The largest absolute Gasteiger partial charge is 0.494 e. The van der Waals surface area contributed by atoms with Crippen molar-refractivity contribution in [3.63, 3.8) is 0 Å². The van der Waals surface area contributed by atoms with Gasteiger partial charge in [0.05, 0.1) is 17.8 Å². The van der Waals surface area contributed by atoms with Crippen LogP contribution in [0, 0.1) is 11.7 Å². The van der Waals surface area contributed by atoms with Gasteiger partial charge in [0, 0.05) is 19.0 Å². The number of piperidine rings is 1. The van der Waals surface area contributed by atoms with Crippen molar-refractivity contribution >= 4 is 18.7 Å². The summed E-state index contributed by atoms with van der Waals surface area (Å²) in [5.41, 5.74) is -0.757. The summed E-state index contributed by atoms with van der Waals surface area (Å²) in [6.07, 6.45) is 1.47. The maximum atomic E-state index is 14.4. The number of rotatable bonds is 4. The summed E-state index contributed by atoms with van der Waals surface area (Å²) in [6, 6.07) is 4.69. The third-order valence-corrected chi connectivity index (χ3v) is 6.13. The van der Waals surface area contributed by atoms with E-state index < -0.39 is 29.7 Å². The Balaban J connectivity index is 1.62. The molecule has 0 saturated carbocycles. The van der Waals surface area contributed by atoms with Crippen molar-refractivity contribution in [1.29, 1.82) is 0 Å². The topological polar surface area (TPSA) is 57.2 Å². The van der Waals surface area contributed by atoms with Crippen LogP contribution in [0.1, 0.15) is 61.3 Å². The Hall–Kier alpha value is -1.80. The molecule has 0 aliphatic carbocycles. The number of hydrogen-bond donors (Lipinski definition) is 0. The molecule has 8 heteroatoms. The van der Waals surface area contributed by atoms with Crippen LogP contribution in [0.3, 0.4) is 0 Å². The Kier molecular flexibility index (Phi) is 6.64. The van der Waals surface area contributed by atoms with Gasteiger partial charge >= 0.3 is 13.2 Å². The number of nitrogens with zero attached hydrogens (tertiary/aromatic N) is 1. The van der Waals surface area contributed by atoms with E-state index in [1.54, 1.807) is 17.0 Å². The highest BCUT2D eigenvalue weighted by Crippen LogP contribution is 2.36. The zero-order valence-corrected chi connectivity index (χ0v) is 19.8. The van der Waals surface area contributed by atoms with E-state index >= 15 is 0 Å². The number of carbonyl (C=O) groups excluding carboxylic acids is 1. The van der Waals surface area contributed by atoms with Gasteiger partial charge < -0.3 is 23.7 Å². The molecule has 172 valence electrons. The van der Waals surface area contributed by atoms with Crippen LogP contribution in [0.15, 0.2) is 18.2 Å². The molecule has 0 N–H and O–H groups in total. The first-order valence-corrected chi connectivity index (χ1v) is 11.0. The molecule has 0 spiro atoms. The molecule has 1 amide bonds. The number of carbonyl (C=O) groups is 1. The van der Waals surface area contributed by atoms with Crippen molar-refractivity contribution in [2.75, 3.05) is 19.7 Å². The highest BCUT2D eigenvalue weighted by Gasteiger charge is 2.51. The third-order valence-electron chi connectivity index (χ3n) is 6.13. The first-order valence-electron chi connectivity index (χ1n) is 11.0. The summed E-state index contributed by atoms with van der Waals surface area (Å²) in [7, 11) is -0.578. The fraction of sp³-hybridized carbons (Fsp3) is 0.696. The Morgan fingerprint density at radius 2 is 1.87 bits per heavy atom. The minimum atomic E-state index is -0.578. The van der Waals surface area contributed by atoms with Crippen molar-refractivity contribution in [3.8, 4) is 5.75 Å². The molecule has 0 aromatic heterocycles. The van der Waals surface area contributed by atoms with Crippen LogP contribution in [0.2, 0.25) is 0 Å². The number of halogens is 1. The lowest BCUT2D eigenvalue weighted by atomic mass is 9.79. The minimum absolute atomic E-state index is 0.112. The van der Waals surface area contributed by atoms with Gasteiger partial charge in [0.2, 0.25) is 0 Å². The summed E-state index contributed by atoms with van der Waals surface area (Å²) in [5, 5.41) is 0. The van der Waals surface area contributed by atoms with Crippen molar-refractivity contribution in [2.45, 2.75) is 78.1 Å². The molecule has 3 rings (SSSR count). The van der Waals surface area contributed by atoms with Crippen LogP contribution < -0.4 is 10.2 Å². The van der Waals surface area contributed by atoms with Crippen LogP contribution in [-0.2, 0) is 14.0 Å². The molecular formula is C23H35BFNO5. The molecule has 2 fully saturated rings. The molecule has 1 atom stereocenters. The van der Waals surface area contributed by atoms with E-state index in [1.165, 1.54) is 6.07 Å². The summed E-state index contributed by atoms with van der Waals surface area (Å²) < 4.78 is 37.9. The molecule has 1 aromatic rings. The molecule has 2 aliphatic heterocycles. The molecule has 2 saturated heterocycles. The van der Waals surface area contributed by atoms with Crippen LogP contribution in [0.4, 0.5) is 9.18 Å². The van der Waals surface area contributed by atoms with Gasteiger partial charge in [0.25, 0.3) is 0 Å². The minimum Gasteiger partial charge on any atom is -0.490 e. The van der Waals surface area contributed by atoms with Gasteiger partial charge in [-0.15, -0.1) is 0 Å². The van der Waals surface area contributed by atoms with E-state index in [1.807, 2.05) is 48.5 Å². The third kappa shape index (κ3) is 5.72. The van der Waals surface area contributed by atoms with Gasteiger partial charge in [-0.1, -0.05) is 6.07 Å². The maximum absolute atomic E-state index is 14.4. The number of ether oxygens (including phenoxy) is 2. The molecule has 0 unspecified atom stereocenters. The van der Waals surface area contributed by atoms with Crippen LogP contribution in [0.25, 0.3) is 0 Å². The molecular weight excluding hydrogens is 400 g/mol. The van der Waals surface area contributed by atoms with Gasteiger partial charge in [0.15, 0.2) is 11.6 Å². The standard InChI is InChI=1S/C23H35BFNO5/c1-21(2,3)29-20(27)26-12-8-9-16(14-26)15-28-19-13-17(10-11-18(19)25)24-30-22(4,5)23(6,7)31-24/h10-11,13,16H,8-9,12,14-15H2,1-7H3/t16-/m0/s1. The van der Waals surface area contributed by atoms with Crippen LogP contribution in [0.5, 0.6) is 5.75 Å². The second-order valence-corrected chi connectivity index (χ2v) is 10.5. The highest BCUT2D eigenvalue weighted by atomic mass is 19.1. The predicted molar refractivity (Wildman–Crippen MR) is 118 cm³/mol. The summed E-state index contributed by atoms with van der Waals surface area (Å²) >= 11 is 0. The van der Waals surface area contributed by atoms with Crippen molar-refractivity contribution in [1.82, 2.24) is 4.90 Å². The quantitative estimate of drug-likeness (QED) is 0.666. The zero-order chi connectivity index (χ0) is 23.0. The highest BCUT2D eigenvalue weighted by molar-refractivity contribution is 6.62. The number of amides is 1. The molecule has 31 heavy (non-hydrogen) atoms. The lowest BCUT2D eigenvalue weighted by Crippen LogP contribution is -2.44. The van der Waals surface area contributed by atoms with Crippen LogP contribution >= 0.6 is 0 Å². The van der Waals surface area contributed by atoms with Gasteiger partial charge in [-0.3, -0.25) is 0 Å². The van der Waals surface area contributed by atoms with Crippen molar-refractivity contribution < 1.29 is 28.0 Å². The lowest BCUT2D eigenvalue weighted by molar-refractivity contribution is 0.00578. The molecule has 0 radical (unpaired) electrons. The summed E-state index contributed by atoms with van der Waals surface area (Å²) in [6.45, 7) is 15.0. The summed E-state index contributed by atoms with van der Waals surface area (Å²) in [5.74, 6) is -0.150. The Bertz CT molecular complexity index is 792. The monoisotopic (exact) mass is 435 g/mol. The Labute approximate surface area is 185 Å². The average molecular weight is 435 g/mol. The van der Waals surface area contributed by atoms with Crippen molar-refractivity contribution in [2.24, 2.45) is 5.92 Å². The molecule has 0 bridgehead atoms. The fourth-order valence-electron chi connectivity index (χ4n) is 3.66. The lowest BCUT2D eigenvalue weighted by Gasteiger charge is -2.34. The average Bonchev–Trinajstić information content (AvgIpc) is 2.87. The van der Waals surface area contributed by atoms with Crippen LogP contribution in [-0.4, -0.2) is 54.6 Å². The van der Waals surface area contributed by atoms with E-state index in [9.17, 15) is 9.18 Å². The fourth-order valence-corrected chi connectivity index (χ4v) is 3.66.